The number of benzene rings is 2. The normalized spacial score (nSPS) is 15.9. The maximum atomic E-state index is 13.8. The van der Waals surface area contributed by atoms with Crippen LogP contribution in [-0.2, 0) is 10.0 Å². The molecule has 2 aromatic carbocycles. The molecule has 5 nitrogen and oxygen atoms in total. The summed E-state index contributed by atoms with van der Waals surface area (Å²) in [6.07, 6.45) is 0. The summed E-state index contributed by atoms with van der Waals surface area (Å²) in [4.78, 5) is 13.8. The molecule has 1 amide bonds. The SMILES string of the molecule is Cc1ccc(S(=O)(=O)N2CCN(C(=O)c3c(F)cccc3F)CC2)cc1. The summed E-state index contributed by atoms with van der Waals surface area (Å²) in [7, 11) is -3.66. The molecular weight excluding hydrogens is 362 g/mol. The second-order valence-corrected chi connectivity index (χ2v) is 8.04. The summed E-state index contributed by atoms with van der Waals surface area (Å²) in [5, 5.41) is 0. The molecule has 1 aliphatic rings. The average molecular weight is 380 g/mol. The molecule has 0 bridgehead atoms. The smallest absolute Gasteiger partial charge is 0.259 e. The molecule has 1 saturated heterocycles. The monoisotopic (exact) mass is 380 g/mol. The molecule has 138 valence electrons. The van der Waals surface area contributed by atoms with E-state index in [-0.39, 0.29) is 31.1 Å². The fourth-order valence-corrected chi connectivity index (χ4v) is 4.27. The van der Waals surface area contributed by atoms with E-state index in [0.29, 0.717) is 0 Å². The zero-order valence-electron chi connectivity index (χ0n) is 14.2. The third-order valence-corrected chi connectivity index (χ3v) is 6.27. The second-order valence-electron chi connectivity index (χ2n) is 6.11. The number of hydrogen-bond acceptors (Lipinski definition) is 3. The lowest BCUT2D eigenvalue weighted by molar-refractivity contribution is 0.0688. The molecule has 0 unspecified atom stereocenters. The first-order valence-corrected chi connectivity index (χ1v) is 9.55. The van der Waals surface area contributed by atoms with Crippen LogP contribution in [0.25, 0.3) is 0 Å². The van der Waals surface area contributed by atoms with Crippen LogP contribution in [0.15, 0.2) is 47.4 Å². The highest BCUT2D eigenvalue weighted by molar-refractivity contribution is 7.89. The van der Waals surface area contributed by atoms with Gasteiger partial charge in [0.2, 0.25) is 10.0 Å². The summed E-state index contributed by atoms with van der Waals surface area (Å²) < 4.78 is 54.2. The molecule has 1 aliphatic heterocycles. The largest absolute Gasteiger partial charge is 0.336 e. The van der Waals surface area contributed by atoms with Crippen LogP contribution in [0, 0.1) is 18.6 Å². The van der Waals surface area contributed by atoms with E-state index in [2.05, 4.69) is 0 Å². The van der Waals surface area contributed by atoms with E-state index in [0.717, 1.165) is 17.7 Å². The van der Waals surface area contributed by atoms with E-state index < -0.39 is 33.1 Å². The van der Waals surface area contributed by atoms with Gasteiger partial charge in [0.25, 0.3) is 5.91 Å². The topological polar surface area (TPSA) is 57.7 Å². The van der Waals surface area contributed by atoms with Gasteiger partial charge in [0.05, 0.1) is 4.90 Å². The molecule has 2 aromatic rings. The van der Waals surface area contributed by atoms with Crippen molar-refractivity contribution in [2.45, 2.75) is 11.8 Å². The van der Waals surface area contributed by atoms with E-state index in [4.69, 9.17) is 0 Å². The molecule has 0 spiro atoms. The van der Waals surface area contributed by atoms with E-state index >= 15 is 0 Å². The predicted octanol–water partition coefficient (Wildman–Crippen LogP) is 2.42. The average Bonchev–Trinajstić information content (AvgIpc) is 2.62. The van der Waals surface area contributed by atoms with Crippen LogP contribution in [0.4, 0.5) is 8.78 Å². The van der Waals surface area contributed by atoms with Gasteiger partial charge in [-0.3, -0.25) is 4.79 Å². The highest BCUT2D eigenvalue weighted by Gasteiger charge is 2.32. The van der Waals surface area contributed by atoms with Gasteiger partial charge < -0.3 is 4.90 Å². The van der Waals surface area contributed by atoms with E-state index in [1.807, 2.05) is 6.92 Å². The van der Waals surface area contributed by atoms with Gasteiger partial charge in [-0.15, -0.1) is 0 Å². The van der Waals surface area contributed by atoms with Crippen LogP contribution < -0.4 is 0 Å². The number of piperazine rings is 1. The minimum absolute atomic E-state index is 0.0672. The van der Waals surface area contributed by atoms with Gasteiger partial charge in [-0.1, -0.05) is 23.8 Å². The molecule has 8 heteroatoms. The second kappa shape index (κ2) is 7.13. The Balaban J connectivity index is 1.73. The molecule has 1 heterocycles. The molecule has 0 N–H and O–H groups in total. The van der Waals surface area contributed by atoms with Crippen molar-refractivity contribution in [2.75, 3.05) is 26.2 Å². The van der Waals surface area contributed by atoms with Gasteiger partial charge in [0.15, 0.2) is 0 Å². The summed E-state index contributed by atoms with van der Waals surface area (Å²) in [5.41, 5.74) is 0.341. The molecular formula is C18H18F2N2O3S. The third-order valence-electron chi connectivity index (χ3n) is 4.36. The Labute approximate surface area is 150 Å². The molecule has 0 atom stereocenters. The predicted molar refractivity (Wildman–Crippen MR) is 92.2 cm³/mol. The Kier molecular flexibility index (Phi) is 5.06. The summed E-state index contributed by atoms with van der Waals surface area (Å²) in [5.74, 6) is -2.62. The lowest BCUT2D eigenvalue weighted by atomic mass is 10.1. The number of rotatable bonds is 3. The fraction of sp³-hybridized carbons (Fsp3) is 0.278. The lowest BCUT2D eigenvalue weighted by Crippen LogP contribution is -2.50. The number of carbonyl (C=O) groups is 1. The van der Waals surface area contributed by atoms with Crippen molar-refractivity contribution >= 4 is 15.9 Å². The summed E-state index contributed by atoms with van der Waals surface area (Å²) in [6.45, 7) is 2.13. The molecule has 0 aromatic heterocycles. The molecule has 0 saturated carbocycles. The fourth-order valence-electron chi connectivity index (χ4n) is 2.85. The maximum Gasteiger partial charge on any atom is 0.259 e. The minimum Gasteiger partial charge on any atom is -0.336 e. The quantitative estimate of drug-likeness (QED) is 0.822. The van der Waals surface area contributed by atoms with Crippen LogP contribution >= 0.6 is 0 Å². The Hall–Kier alpha value is -2.32. The van der Waals surface area contributed by atoms with E-state index in [9.17, 15) is 22.0 Å². The van der Waals surface area contributed by atoms with Crippen molar-refractivity contribution in [3.63, 3.8) is 0 Å². The summed E-state index contributed by atoms with van der Waals surface area (Å²) >= 11 is 0. The zero-order valence-corrected chi connectivity index (χ0v) is 15.0. The third kappa shape index (κ3) is 3.47. The standard InChI is InChI=1S/C18H18F2N2O3S/c1-13-5-7-14(8-6-13)26(24,25)22-11-9-21(10-12-22)18(23)17-15(19)3-2-4-16(17)20/h2-8H,9-12H2,1H3. The van der Waals surface area contributed by atoms with Crippen molar-refractivity contribution in [1.82, 2.24) is 9.21 Å². The lowest BCUT2D eigenvalue weighted by Gasteiger charge is -2.34. The van der Waals surface area contributed by atoms with Crippen LogP contribution in [0.2, 0.25) is 0 Å². The van der Waals surface area contributed by atoms with Gasteiger partial charge in [-0.2, -0.15) is 4.31 Å². The van der Waals surface area contributed by atoms with Crippen LogP contribution in [-0.4, -0.2) is 49.7 Å². The summed E-state index contributed by atoms with van der Waals surface area (Å²) in [6, 6.07) is 9.74. The van der Waals surface area contributed by atoms with Crippen molar-refractivity contribution in [3.05, 3.63) is 65.2 Å². The van der Waals surface area contributed by atoms with Gasteiger partial charge in [0, 0.05) is 26.2 Å². The van der Waals surface area contributed by atoms with E-state index in [1.54, 1.807) is 12.1 Å². The maximum absolute atomic E-state index is 13.8. The molecule has 0 radical (unpaired) electrons. The number of nitrogens with zero attached hydrogens (tertiary/aromatic N) is 2. The number of aryl methyl sites for hydroxylation is 1. The van der Waals surface area contributed by atoms with E-state index in [1.165, 1.54) is 27.4 Å². The van der Waals surface area contributed by atoms with Crippen molar-refractivity contribution in [3.8, 4) is 0 Å². The van der Waals surface area contributed by atoms with Crippen molar-refractivity contribution < 1.29 is 22.0 Å². The minimum atomic E-state index is -3.66. The highest BCUT2D eigenvalue weighted by atomic mass is 32.2. The Morgan fingerprint density at radius 3 is 2.00 bits per heavy atom. The zero-order chi connectivity index (χ0) is 18.9. The highest BCUT2D eigenvalue weighted by Crippen LogP contribution is 2.20. The Morgan fingerprint density at radius 1 is 0.923 bits per heavy atom. The number of sulfonamides is 1. The van der Waals surface area contributed by atoms with Crippen molar-refractivity contribution in [2.24, 2.45) is 0 Å². The number of hydrogen-bond donors (Lipinski definition) is 0. The van der Waals surface area contributed by atoms with Gasteiger partial charge >= 0.3 is 0 Å². The first-order chi connectivity index (χ1) is 12.3. The first-order valence-electron chi connectivity index (χ1n) is 8.11. The molecule has 1 fully saturated rings. The number of halogens is 2. The molecule has 0 aliphatic carbocycles. The first kappa shape index (κ1) is 18.5. The van der Waals surface area contributed by atoms with Gasteiger partial charge in [0.1, 0.15) is 17.2 Å². The van der Waals surface area contributed by atoms with Crippen molar-refractivity contribution in [1.29, 1.82) is 0 Å². The Bertz CT molecular complexity index is 902. The van der Waals surface area contributed by atoms with Crippen LogP contribution in [0.3, 0.4) is 0 Å². The van der Waals surface area contributed by atoms with Gasteiger partial charge in [-0.05, 0) is 31.2 Å². The Morgan fingerprint density at radius 2 is 1.46 bits per heavy atom. The van der Waals surface area contributed by atoms with Crippen LogP contribution in [0.1, 0.15) is 15.9 Å². The molecule has 3 rings (SSSR count). The number of amides is 1. The molecule has 26 heavy (non-hydrogen) atoms. The number of carbonyl (C=O) groups excluding carboxylic acids is 1. The van der Waals surface area contributed by atoms with Crippen LogP contribution in [0.5, 0.6) is 0 Å². The van der Waals surface area contributed by atoms with Gasteiger partial charge in [-0.25, -0.2) is 17.2 Å².